The zero-order chi connectivity index (χ0) is 18.5. The molecule has 1 aliphatic heterocycles. The number of hydrogen-bond donors (Lipinski definition) is 2. The number of rotatable bonds is 6. The van der Waals surface area contributed by atoms with Crippen molar-refractivity contribution in [2.24, 2.45) is 0 Å². The summed E-state index contributed by atoms with van der Waals surface area (Å²) >= 11 is 6.01. The molecule has 6 heteroatoms. The summed E-state index contributed by atoms with van der Waals surface area (Å²) in [7, 11) is 0. The van der Waals surface area contributed by atoms with Gasteiger partial charge in [-0.15, -0.1) is 0 Å². The van der Waals surface area contributed by atoms with E-state index in [4.69, 9.17) is 16.3 Å². The molecule has 0 spiro atoms. The van der Waals surface area contributed by atoms with E-state index in [1.54, 1.807) is 6.07 Å². The molecule has 4 nitrogen and oxygen atoms in total. The smallest absolute Gasteiger partial charge is 0.137 e. The molecule has 2 aromatic carbocycles. The highest BCUT2D eigenvalue weighted by Crippen LogP contribution is 2.21. The highest BCUT2D eigenvalue weighted by Gasteiger charge is 2.23. The fourth-order valence-corrected chi connectivity index (χ4v) is 3.35. The summed E-state index contributed by atoms with van der Waals surface area (Å²) in [6.07, 6.45) is -0.515. The molecule has 2 N–H and O–H groups in total. The Kier molecular flexibility index (Phi) is 6.35. The van der Waals surface area contributed by atoms with Gasteiger partial charge in [-0.05, 0) is 55.0 Å². The second-order valence-electron chi connectivity index (χ2n) is 6.79. The maximum absolute atomic E-state index is 13.0. The minimum atomic E-state index is -0.515. The summed E-state index contributed by atoms with van der Waals surface area (Å²) < 4.78 is 18.7. The Morgan fingerprint density at radius 1 is 1.19 bits per heavy atom. The quantitative estimate of drug-likeness (QED) is 0.805. The molecule has 0 aromatic heterocycles. The molecule has 1 atom stereocenters. The van der Waals surface area contributed by atoms with E-state index >= 15 is 0 Å². The predicted molar refractivity (Wildman–Crippen MR) is 102 cm³/mol. The van der Waals surface area contributed by atoms with Gasteiger partial charge in [0.2, 0.25) is 0 Å². The highest BCUT2D eigenvalue weighted by molar-refractivity contribution is 6.31. The molecular weight excluding hydrogens is 355 g/mol. The maximum Gasteiger partial charge on any atom is 0.137 e. The van der Waals surface area contributed by atoms with Crippen LogP contribution in [0.5, 0.6) is 5.75 Å². The number of anilines is 1. The molecule has 0 saturated carbocycles. The molecule has 1 heterocycles. The van der Waals surface area contributed by atoms with Gasteiger partial charge in [-0.1, -0.05) is 11.6 Å². The van der Waals surface area contributed by atoms with Crippen molar-refractivity contribution in [3.63, 3.8) is 0 Å². The fraction of sp³-hybridized carbons (Fsp3) is 0.400. The van der Waals surface area contributed by atoms with Gasteiger partial charge in [-0.3, -0.25) is 0 Å². The lowest BCUT2D eigenvalue weighted by molar-refractivity contribution is -0.903. The van der Waals surface area contributed by atoms with Crippen molar-refractivity contribution in [2.45, 2.75) is 13.0 Å². The summed E-state index contributed by atoms with van der Waals surface area (Å²) in [5.41, 5.74) is 2.01. The molecule has 1 fully saturated rings. The highest BCUT2D eigenvalue weighted by atomic mass is 35.5. The topological polar surface area (TPSA) is 37.1 Å². The SMILES string of the molecule is Cc1cc(OC[C@@H](O)C[NH+]2CCN(c3ccc(F)cc3)CC2)ccc1Cl. The molecule has 2 aromatic rings. The summed E-state index contributed by atoms with van der Waals surface area (Å²) in [5.74, 6) is 0.513. The van der Waals surface area contributed by atoms with Gasteiger partial charge in [0.1, 0.15) is 30.8 Å². The van der Waals surface area contributed by atoms with Crippen molar-refractivity contribution in [2.75, 3.05) is 44.2 Å². The van der Waals surface area contributed by atoms with Gasteiger partial charge in [-0.2, -0.15) is 0 Å². The number of piperazine rings is 1. The average Bonchev–Trinajstić information content (AvgIpc) is 2.64. The van der Waals surface area contributed by atoms with E-state index in [2.05, 4.69) is 4.90 Å². The van der Waals surface area contributed by atoms with E-state index in [1.165, 1.54) is 17.0 Å². The number of halogens is 2. The monoisotopic (exact) mass is 379 g/mol. The molecule has 1 aliphatic rings. The van der Waals surface area contributed by atoms with E-state index in [9.17, 15) is 9.50 Å². The van der Waals surface area contributed by atoms with E-state index < -0.39 is 6.10 Å². The van der Waals surface area contributed by atoms with Crippen LogP contribution in [0.15, 0.2) is 42.5 Å². The molecule has 0 unspecified atom stereocenters. The number of aryl methyl sites for hydroxylation is 1. The first-order valence-corrected chi connectivity index (χ1v) is 9.30. The molecule has 0 aliphatic carbocycles. The zero-order valence-electron chi connectivity index (χ0n) is 14.9. The number of nitrogens with one attached hydrogen (secondary N) is 1. The average molecular weight is 380 g/mol. The van der Waals surface area contributed by atoms with Gasteiger partial charge >= 0.3 is 0 Å². The van der Waals surface area contributed by atoms with Gasteiger partial charge < -0.3 is 19.6 Å². The number of aliphatic hydroxyl groups excluding tert-OH is 1. The van der Waals surface area contributed by atoms with Crippen LogP contribution in [-0.2, 0) is 0 Å². The van der Waals surface area contributed by atoms with Crippen molar-refractivity contribution in [1.29, 1.82) is 0 Å². The second kappa shape index (κ2) is 8.71. The molecule has 140 valence electrons. The third kappa shape index (κ3) is 5.10. The van der Waals surface area contributed by atoms with Gasteiger partial charge in [0.25, 0.3) is 0 Å². The first-order chi connectivity index (χ1) is 12.5. The Bertz CT molecular complexity index is 718. The van der Waals surface area contributed by atoms with Crippen LogP contribution in [0, 0.1) is 12.7 Å². The lowest BCUT2D eigenvalue weighted by Gasteiger charge is -2.34. The number of benzene rings is 2. The lowest BCUT2D eigenvalue weighted by Crippen LogP contribution is -3.16. The zero-order valence-corrected chi connectivity index (χ0v) is 15.7. The number of ether oxygens (including phenoxy) is 1. The van der Waals surface area contributed by atoms with Gasteiger partial charge in [0, 0.05) is 10.7 Å². The number of quaternary nitrogens is 1. The normalized spacial score (nSPS) is 16.5. The van der Waals surface area contributed by atoms with Gasteiger partial charge in [0.15, 0.2) is 0 Å². The second-order valence-corrected chi connectivity index (χ2v) is 7.20. The van der Waals surface area contributed by atoms with E-state index in [-0.39, 0.29) is 12.4 Å². The van der Waals surface area contributed by atoms with Crippen LogP contribution in [0.1, 0.15) is 5.56 Å². The van der Waals surface area contributed by atoms with Crippen molar-refractivity contribution in [3.05, 3.63) is 58.9 Å². The Morgan fingerprint density at radius 2 is 1.88 bits per heavy atom. The molecule has 0 bridgehead atoms. The molecule has 1 saturated heterocycles. The van der Waals surface area contributed by atoms with E-state index in [0.717, 1.165) is 43.2 Å². The van der Waals surface area contributed by atoms with Crippen molar-refractivity contribution in [3.8, 4) is 5.75 Å². The van der Waals surface area contributed by atoms with Gasteiger partial charge in [0.05, 0.1) is 26.2 Å². The molecule has 3 rings (SSSR count). The Hall–Kier alpha value is -1.82. The van der Waals surface area contributed by atoms with Gasteiger partial charge in [-0.25, -0.2) is 4.39 Å². The Labute approximate surface area is 158 Å². The third-order valence-electron chi connectivity index (χ3n) is 4.76. The standard InChI is InChI=1S/C20H24ClFN2O2/c1-15-12-19(6-7-20(15)21)26-14-18(25)13-23-8-10-24(11-9-23)17-4-2-16(22)3-5-17/h2-7,12,18,25H,8-11,13-14H2,1H3/p+1/t18-/m0/s1. The van der Waals surface area contributed by atoms with Crippen molar-refractivity contribution < 1.29 is 19.1 Å². The molecule has 0 amide bonds. The van der Waals surface area contributed by atoms with Crippen LogP contribution in [-0.4, -0.2) is 50.5 Å². The number of nitrogens with zero attached hydrogens (tertiary/aromatic N) is 1. The number of hydrogen-bond acceptors (Lipinski definition) is 3. The summed E-state index contributed by atoms with van der Waals surface area (Å²) in [6, 6.07) is 12.1. The van der Waals surface area contributed by atoms with Crippen LogP contribution in [0.4, 0.5) is 10.1 Å². The lowest BCUT2D eigenvalue weighted by atomic mass is 10.2. The minimum Gasteiger partial charge on any atom is -0.491 e. The first kappa shape index (κ1) is 19.0. The van der Waals surface area contributed by atoms with E-state index in [1.807, 2.05) is 31.2 Å². The molecule has 26 heavy (non-hydrogen) atoms. The molecular formula is C20H25ClFN2O2+. The summed E-state index contributed by atoms with van der Waals surface area (Å²) in [5, 5.41) is 11.0. The van der Waals surface area contributed by atoms with E-state index in [0.29, 0.717) is 11.6 Å². The maximum atomic E-state index is 13.0. The Balaban J connectivity index is 1.42. The van der Waals surface area contributed by atoms with Crippen LogP contribution in [0.25, 0.3) is 0 Å². The third-order valence-corrected chi connectivity index (χ3v) is 5.18. The van der Waals surface area contributed by atoms with Crippen LogP contribution in [0.3, 0.4) is 0 Å². The minimum absolute atomic E-state index is 0.211. The molecule has 0 radical (unpaired) electrons. The first-order valence-electron chi connectivity index (χ1n) is 8.92. The fourth-order valence-electron chi connectivity index (χ4n) is 3.23. The van der Waals surface area contributed by atoms with Crippen LogP contribution >= 0.6 is 11.6 Å². The predicted octanol–water partition coefficient (Wildman–Crippen LogP) is 1.93. The summed E-state index contributed by atoms with van der Waals surface area (Å²) in [4.78, 5) is 3.61. The van der Waals surface area contributed by atoms with Crippen LogP contribution in [0.2, 0.25) is 5.02 Å². The van der Waals surface area contributed by atoms with Crippen molar-refractivity contribution >= 4 is 17.3 Å². The largest absolute Gasteiger partial charge is 0.491 e. The Morgan fingerprint density at radius 3 is 2.54 bits per heavy atom. The summed E-state index contributed by atoms with van der Waals surface area (Å²) in [6.45, 7) is 6.52. The number of aliphatic hydroxyl groups is 1. The van der Waals surface area contributed by atoms with Crippen molar-refractivity contribution in [1.82, 2.24) is 0 Å². The van der Waals surface area contributed by atoms with Crippen LogP contribution < -0.4 is 14.5 Å².